The summed E-state index contributed by atoms with van der Waals surface area (Å²) in [6.07, 6.45) is 3.27. The summed E-state index contributed by atoms with van der Waals surface area (Å²) < 4.78 is 0. The first kappa shape index (κ1) is 7.03. The molecule has 0 aromatic heterocycles. The molecule has 0 spiro atoms. The molecule has 3 N–H and O–H groups in total. The van der Waals surface area contributed by atoms with Crippen molar-refractivity contribution in [3.05, 3.63) is 0 Å². The van der Waals surface area contributed by atoms with Crippen molar-refractivity contribution >= 4 is 0 Å². The van der Waals surface area contributed by atoms with Crippen LogP contribution in [0.4, 0.5) is 0 Å². The lowest BCUT2D eigenvalue weighted by Crippen LogP contribution is -2.42. The van der Waals surface area contributed by atoms with Crippen LogP contribution in [0.25, 0.3) is 0 Å². The molecule has 2 nitrogen and oxygen atoms in total. The van der Waals surface area contributed by atoms with E-state index in [-0.39, 0.29) is 11.5 Å². The van der Waals surface area contributed by atoms with E-state index < -0.39 is 0 Å². The second kappa shape index (κ2) is 2.27. The Morgan fingerprint density at radius 1 is 1.67 bits per heavy atom. The van der Waals surface area contributed by atoms with Crippen LogP contribution in [0.1, 0.15) is 26.2 Å². The highest BCUT2D eigenvalue weighted by Crippen LogP contribution is 2.42. The minimum absolute atomic E-state index is 0.161. The number of rotatable bonds is 2. The Labute approximate surface area is 56.1 Å². The molecular weight excluding hydrogens is 114 g/mol. The normalized spacial score (nSPS) is 27.0. The second-order valence-electron chi connectivity index (χ2n) is 3.26. The van der Waals surface area contributed by atoms with Gasteiger partial charge in [-0.3, -0.25) is 0 Å². The number of hydrogen-bond acceptors (Lipinski definition) is 2. The van der Waals surface area contributed by atoms with Crippen molar-refractivity contribution in [2.75, 3.05) is 6.54 Å². The number of nitrogens with two attached hydrogens (primary N) is 1. The molecular formula is C7H15NO. The maximum absolute atomic E-state index is 9.31. The first-order valence-corrected chi connectivity index (χ1v) is 3.57. The van der Waals surface area contributed by atoms with Crippen LogP contribution in [0, 0.1) is 5.41 Å². The van der Waals surface area contributed by atoms with Gasteiger partial charge in [-0.1, -0.05) is 13.3 Å². The first-order chi connectivity index (χ1) is 4.19. The predicted molar refractivity (Wildman–Crippen MR) is 37.0 cm³/mol. The molecule has 1 unspecified atom stereocenters. The van der Waals surface area contributed by atoms with E-state index in [2.05, 4.69) is 6.92 Å². The van der Waals surface area contributed by atoms with Crippen LogP contribution >= 0.6 is 0 Å². The van der Waals surface area contributed by atoms with E-state index in [0.717, 1.165) is 12.8 Å². The summed E-state index contributed by atoms with van der Waals surface area (Å²) in [5.74, 6) is 0. The van der Waals surface area contributed by atoms with Gasteiger partial charge in [0.05, 0.1) is 6.10 Å². The molecule has 1 aliphatic carbocycles. The molecule has 0 radical (unpaired) electrons. The monoisotopic (exact) mass is 129 g/mol. The number of aliphatic hydroxyl groups excluding tert-OH is 1. The molecule has 2 heteroatoms. The van der Waals surface area contributed by atoms with Gasteiger partial charge in [-0.2, -0.15) is 0 Å². The zero-order valence-electron chi connectivity index (χ0n) is 5.93. The molecule has 0 saturated heterocycles. The summed E-state index contributed by atoms with van der Waals surface area (Å²) in [6, 6.07) is 0. The molecule has 0 aromatic rings. The fourth-order valence-corrected chi connectivity index (χ4v) is 1.35. The van der Waals surface area contributed by atoms with Crippen molar-refractivity contribution in [2.45, 2.75) is 32.3 Å². The Morgan fingerprint density at radius 3 is 2.33 bits per heavy atom. The molecule has 0 amide bonds. The van der Waals surface area contributed by atoms with E-state index >= 15 is 0 Å². The summed E-state index contributed by atoms with van der Waals surface area (Å²) in [6.45, 7) is 2.52. The molecule has 1 aliphatic rings. The third kappa shape index (κ3) is 1.10. The van der Waals surface area contributed by atoms with Gasteiger partial charge in [0.1, 0.15) is 0 Å². The predicted octanol–water partition coefficient (Wildman–Crippen LogP) is 0.496. The van der Waals surface area contributed by atoms with Crippen molar-refractivity contribution in [1.82, 2.24) is 0 Å². The van der Waals surface area contributed by atoms with E-state index in [1.807, 2.05) is 0 Å². The molecule has 1 atom stereocenters. The minimum atomic E-state index is -0.272. The second-order valence-corrected chi connectivity index (χ2v) is 3.26. The van der Waals surface area contributed by atoms with Crippen LogP contribution in [0.3, 0.4) is 0 Å². The third-order valence-electron chi connectivity index (χ3n) is 2.52. The summed E-state index contributed by atoms with van der Waals surface area (Å²) in [5, 5.41) is 9.31. The number of aliphatic hydroxyl groups is 1. The molecule has 0 aliphatic heterocycles. The third-order valence-corrected chi connectivity index (χ3v) is 2.52. The molecule has 0 bridgehead atoms. The highest BCUT2D eigenvalue weighted by Gasteiger charge is 2.37. The van der Waals surface area contributed by atoms with Gasteiger partial charge in [0.25, 0.3) is 0 Å². The van der Waals surface area contributed by atoms with E-state index in [1.165, 1.54) is 6.42 Å². The topological polar surface area (TPSA) is 46.2 Å². The molecule has 0 aromatic carbocycles. The summed E-state index contributed by atoms with van der Waals surface area (Å²) >= 11 is 0. The Balaban J connectivity index is 2.38. The van der Waals surface area contributed by atoms with E-state index in [4.69, 9.17) is 5.73 Å². The largest absolute Gasteiger partial charge is 0.391 e. The van der Waals surface area contributed by atoms with Gasteiger partial charge in [0.15, 0.2) is 0 Å². The molecule has 9 heavy (non-hydrogen) atoms. The summed E-state index contributed by atoms with van der Waals surface area (Å²) in [5.41, 5.74) is 5.48. The Hall–Kier alpha value is -0.0800. The average molecular weight is 129 g/mol. The standard InChI is InChI=1S/C7H15NO/c1-7(3-2-4-7)6(9)5-8/h6,9H,2-5,8H2,1H3. The molecule has 1 fully saturated rings. The smallest absolute Gasteiger partial charge is 0.0715 e. The fraction of sp³-hybridized carbons (Fsp3) is 1.00. The lowest BCUT2D eigenvalue weighted by atomic mass is 9.67. The van der Waals surface area contributed by atoms with Crippen molar-refractivity contribution in [1.29, 1.82) is 0 Å². The van der Waals surface area contributed by atoms with Crippen LogP contribution in [0.15, 0.2) is 0 Å². The van der Waals surface area contributed by atoms with Crippen LogP contribution in [0.2, 0.25) is 0 Å². The lowest BCUT2D eigenvalue weighted by molar-refractivity contribution is -0.0136. The van der Waals surface area contributed by atoms with Gasteiger partial charge in [0, 0.05) is 6.54 Å². The van der Waals surface area contributed by atoms with E-state index in [1.54, 1.807) is 0 Å². The molecule has 0 heterocycles. The SMILES string of the molecule is CC1(C(O)CN)CCC1. The van der Waals surface area contributed by atoms with Gasteiger partial charge in [0.2, 0.25) is 0 Å². The average Bonchev–Trinajstić information content (AvgIpc) is 1.81. The van der Waals surface area contributed by atoms with Crippen molar-refractivity contribution in [3.8, 4) is 0 Å². The van der Waals surface area contributed by atoms with Crippen LogP contribution in [-0.4, -0.2) is 17.8 Å². The zero-order chi connectivity index (χ0) is 6.91. The van der Waals surface area contributed by atoms with Gasteiger partial charge in [-0.25, -0.2) is 0 Å². The Kier molecular flexibility index (Phi) is 1.78. The maximum atomic E-state index is 9.31. The van der Waals surface area contributed by atoms with E-state index in [9.17, 15) is 5.11 Å². The maximum Gasteiger partial charge on any atom is 0.0715 e. The van der Waals surface area contributed by atoms with Crippen LogP contribution in [-0.2, 0) is 0 Å². The van der Waals surface area contributed by atoms with Crippen LogP contribution in [0.5, 0.6) is 0 Å². The zero-order valence-corrected chi connectivity index (χ0v) is 5.93. The summed E-state index contributed by atoms with van der Waals surface area (Å²) in [4.78, 5) is 0. The quantitative estimate of drug-likeness (QED) is 0.570. The van der Waals surface area contributed by atoms with Gasteiger partial charge < -0.3 is 10.8 Å². The molecule has 1 saturated carbocycles. The van der Waals surface area contributed by atoms with Gasteiger partial charge >= 0.3 is 0 Å². The molecule has 54 valence electrons. The van der Waals surface area contributed by atoms with Crippen molar-refractivity contribution in [3.63, 3.8) is 0 Å². The minimum Gasteiger partial charge on any atom is -0.391 e. The first-order valence-electron chi connectivity index (χ1n) is 3.57. The Bertz CT molecular complexity index is 99.1. The highest BCUT2D eigenvalue weighted by molar-refractivity contribution is 4.89. The fourth-order valence-electron chi connectivity index (χ4n) is 1.35. The Morgan fingerprint density at radius 2 is 2.22 bits per heavy atom. The molecule has 1 rings (SSSR count). The van der Waals surface area contributed by atoms with Gasteiger partial charge in [-0.05, 0) is 18.3 Å². The summed E-state index contributed by atoms with van der Waals surface area (Å²) in [7, 11) is 0. The van der Waals surface area contributed by atoms with Gasteiger partial charge in [-0.15, -0.1) is 0 Å². The highest BCUT2D eigenvalue weighted by atomic mass is 16.3. The van der Waals surface area contributed by atoms with E-state index in [0.29, 0.717) is 6.54 Å². The lowest BCUT2D eigenvalue weighted by Gasteiger charge is -2.41. The van der Waals surface area contributed by atoms with Crippen molar-refractivity contribution in [2.24, 2.45) is 11.1 Å². The van der Waals surface area contributed by atoms with Crippen LogP contribution < -0.4 is 5.73 Å². The number of hydrogen-bond donors (Lipinski definition) is 2. The van der Waals surface area contributed by atoms with Crippen molar-refractivity contribution < 1.29 is 5.11 Å².